The minimum atomic E-state index is -0.456. The van der Waals surface area contributed by atoms with Gasteiger partial charge in [0.2, 0.25) is 0 Å². The number of amides is 1. The normalized spacial score (nSPS) is 15.5. The predicted octanol–water partition coefficient (Wildman–Crippen LogP) is 2.46. The van der Waals surface area contributed by atoms with E-state index in [0.717, 1.165) is 35.9 Å². The van der Waals surface area contributed by atoms with Gasteiger partial charge < -0.3 is 14.6 Å². The summed E-state index contributed by atoms with van der Waals surface area (Å²) in [5.41, 5.74) is 1.48. The summed E-state index contributed by atoms with van der Waals surface area (Å²) in [4.78, 5) is 23.8. The predicted molar refractivity (Wildman–Crippen MR) is 81.5 cm³/mol. The van der Waals surface area contributed by atoms with Gasteiger partial charge in [0.05, 0.1) is 10.2 Å². The number of carbonyl (C=O) groups excluding carboxylic acids is 2. The number of fused-ring (bicyclic) bond motifs is 1. The van der Waals surface area contributed by atoms with Crippen LogP contribution in [0.5, 0.6) is 0 Å². The molecule has 5 nitrogen and oxygen atoms in total. The van der Waals surface area contributed by atoms with E-state index < -0.39 is 5.97 Å². The number of ether oxygens (including phenoxy) is 1. The van der Waals surface area contributed by atoms with Crippen LogP contribution in [0.1, 0.15) is 36.2 Å². The largest absolute Gasteiger partial charge is 0.451 e. The Morgan fingerprint density at radius 3 is 2.90 bits per heavy atom. The molecule has 1 saturated carbocycles. The Bertz CT molecular complexity index is 668. The van der Waals surface area contributed by atoms with E-state index >= 15 is 0 Å². The maximum absolute atomic E-state index is 12.1. The van der Waals surface area contributed by atoms with Gasteiger partial charge in [-0.1, -0.05) is 12.8 Å². The van der Waals surface area contributed by atoms with Crippen LogP contribution >= 0.6 is 11.3 Å². The van der Waals surface area contributed by atoms with Crippen LogP contribution < -0.4 is 5.32 Å². The Morgan fingerprint density at radius 2 is 2.19 bits per heavy atom. The maximum Gasteiger partial charge on any atom is 0.355 e. The Hall–Kier alpha value is -1.82. The first-order valence-corrected chi connectivity index (χ1v) is 8.02. The lowest BCUT2D eigenvalue weighted by Crippen LogP contribution is -2.36. The van der Waals surface area contributed by atoms with Gasteiger partial charge in [0, 0.05) is 13.1 Å². The van der Waals surface area contributed by atoms with E-state index in [4.69, 9.17) is 4.74 Å². The number of rotatable bonds is 4. The molecule has 0 saturated heterocycles. The third-order valence-electron chi connectivity index (χ3n) is 3.93. The minimum Gasteiger partial charge on any atom is -0.451 e. The summed E-state index contributed by atoms with van der Waals surface area (Å²) in [6.45, 7) is -0.214. The Kier molecular flexibility index (Phi) is 3.96. The second-order valence-electron chi connectivity index (χ2n) is 5.38. The highest BCUT2D eigenvalue weighted by Crippen LogP contribution is 2.24. The van der Waals surface area contributed by atoms with E-state index in [1.807, 2.05) is 18.5 Å². The van der Waals surface area contributed by atoms with Gasteiger partial charge in [-0.05, 0) is 30.4 Å². The first-order chi connectivity index (χ1) is 10.1. The second kappa shape index (κ2) is 5.89. The molecule has 0 aliphatic heterocycles. The van der Waals surface area contributed by atoms with Crippen molar-refractivity contribution in [2.75, 3.05) is 6.61 Å². The second-order valence-corrected chi connectivity index (χ2v) is 6.33. The molecule has 1 amide bonds. The zero-order chi connectivity index (χ0) is 14.8. The average Bonchev–Trinajstić information content (AvgIpc) is 3.16. The molecule has 21 heavy (non-hydrogen) atoms. The van der Waals surface area contributed by atoms with Crippen molar-refractivity contribution in [3.05, 3.63) is 23.2 Å². The van der Waals surface area contributed by atoms with Gasteiger partial charge in [0.25, 0.3) is 5.91 Å². The van der Waals surface area contributed by atoms with Crippen LogP contribution in [0.4, 0.5) is 0 Å². The zero-order valence-electron chi connectivity index (χ0n) is 11.9. The number of nitrogens with zero attached hydrogens (tertiary/aromatic N) is 1. The molecule has 0 bridgehead atoms. The van der Waals surface area contributed by atoms with Gasteiger partial charge in [0.1, 0.15) is 5.69 Å². The molecule has 1 aliphatic rings. The molecule has 1 aliphatic carbocycles. The number of aromatic nitrogens is 1. The molecule has 3 rings (SSSR count). The Morgan fingerprint density at radius 1 is 1.43 bits per heavy atom. The van der Waals surface area contributed by atoms with Crippen molar-refractivity contribution in [2.45, 2.75) is 31.7 Å². The fourth-order valence-corrected chi connectivity index (χ4v) is 3.64. The van der Waals surface area contributed by atoms with Crippen LogP contribution in [0.2, 0.25) is 0 Å². The molecule has 0 spiro atoms. The van der Waals surface area contributed by atoms with Crippen molar-refractivity contribution in [1.29, 1.82) is 0 Å². The summed E-state index contributed by atoms with van der Waals surface area (Å²) in [6, 6.07) is 4.01. The number of aryl methyl sites for hydroxylation is 1. The van der Waals surface area contributed by atoms with Gasteiger partial charge in [0.15, 0.2) is 6.61 Å². The topological polar surface area (TPSA) is 60.3 Å². The maximum atomic E-state index is 12.1. The molecule has 0 atom stereocenters. The van der Waals surface area contributed by atoms with Crippen molar-refractivity contribution in [3.8, 4) is 0 Å². The molecule has 0 aromatic carbocycles. The first-order valence-electron chi connectivity index (χ1n) is 7.14. The van der Waals surface area contributed by atoms with Gasteiger partial charge in [-0.3, -0.25) is 4.79 Å². The molecule has 2 aromatic rings. The lowest BCUT2D eigenvalue weighted by Gasteiger charge is -2.12. The quantitative estimate of drug-likeness (QED) is 0.883. The Labute approximate surface area is 126 Å². The van der Waals surface area contributed by atoms with E-state index in [-0.39, 0.29) is 18.6 Å². The third kappa shape index (κ3) is 2.95. The smallest absolute Gasteiger partial charge is 0.355 e. The summed E-state index contributed by atoms with van der Waals surface area (Å²) in [6.07, 6.45) is 4.36. The number of carbonyl (C=O) groups is 2. The summed E-state index contributed by atoms with van der Waals surface area (Å²) >= 11 is 1.58. The zero-order valence-corrected chi connectivity index (χ0v) is 12.7. The van der Waals surface area contributed by atoms with E-state index in [1.165, 1.54) is 0 Å². The van der Waals surface area contributed by atoms with Crippen LogP contribution in [0.25, 0.3) is 10.2 Å². The van der Waals surface area contributed by atoms with Gasteiger partial charge in [-0.2, -0.15) is 0 Å². The van der Waals surface area contributed by atoms with Gasteiger partial charge in [-0.15, -0.1) is 11.3 Å². The molecule has 2 heterocycles. The number of hydrogen-bond acceptors (Lipinski definition) is 4. The van der Waals surface area contributed by atoms with Crippen LogP contribution in [-0.2, 0) is 16.6 Å². The molecule has 2 aromatic heterocycles. The van der Waals surface area contributed by atoms with Crippen molar-refractivity contribution >= 4 is 33.4 Å². The highest BCUT2D eigenvalue weighted by atomic mass is 32.1. The fraction of sp³-hybridized carbons (Fsp3) is 0.467. The molecule has 1 fully saturated rings. The van der Waals surface area contributed by atoms with Crippen molar-refractivity contribution in [1.82, 2.24) is 9.88 Å². The van der Waals surface area contributed by atoms with E-state index in [0.29, 0.717) is 5.69 Å². The summed E-state index contributed by atoms with van der Waals surface area (Å²) in [5.74, 6) is -0.672. The molecular formula is C15H18N2O3S. The number of esters is 1. The lowest BCUT2D eigenvalue weighted by molar-refractivity contribution is -0.124. The van der Waals surface area contributed by atoms with Crippen molar-refractivity contribution in [2.24, 2.45) is 7.05 Å². The molecule has 0 unspecified atom stereocenters. The third-order valence-corrected chi connectivity index (χ3v) is 4.78. The Balaban J connectivity index is 1.57. The average molecular weight is 306 g/mol. The van der Waals surface area contributed by atoms with Crippen LogP contribution in [-0.4, -0.2) is 29.1 Å². The molecule has 6 heteroatoms. The monoisotopic (exact) mass is 306 g/mol. The number of nitrogens with one attached hydrogen (secondary N) is 1. The molecule has 0 radical (unpaired) electrons. The van der Waals surface area contributed by atoms with E-state index in [2.05, 4.69) is 5.32 Å². The van der Waals surface area contributed by atoms with Crippen LogP contribution in [0.15, 0.2) is 17.5 Å². The minimum absolute atomic E-state index is 0.214. The summed E-state index contributed by atoms with van der Waals surface area (Å²) < 4.78 is 7.95. The first kappa shape index (κ1) is 14.1. The highest BCUT2D eigenvalue weighted by molar-refractivity contribution is 7.17. The molecule has 112 valence electrons. The summed E-state index contributed by atoms with van der Waals surface area (Å²) in [5, 5.41) is 4.88. The fourth-order valence-electron chi connectivity index (χ4n) is 2.79. The molecular weight excluding hydrogens is 288 g/mol. The number of hydrogen-bond donors (Lipinski definition) is 1. The standard InChI is InChI=1S/C15H18N2O3S/c1-17-11-6-7-21-13(11)8-12(17)15(19)20-9-14(18)16-10-4-2-3-5-10/h6-8,10H,2-5,9H2,1H3,(H,16,18). The molecule has 1 N–H and O–H groups in total. The summed E-state index contributed by atoms with van der Waals surface area (Å²) in [7, 11) is 1.82. The number of thiophene rings is 1. The highest BCUT2D eigenvalue weighted by Gasteiger charge is 2.19. The van der Waals surface area contributed by atoms with Crippen molar-refractivity contribution < 1.29 is 14.3 Å². The van der Waals surface area contributed by atoms with Gasteiger partial charge in [-0.25, -0.2) is 4.79 Å². The van der Waals surface area contributed by atoms with Crippen molar-refractivity contribution in [3.63, 3.8) is 0 Å². The SMILES string of the molecule is Cn1c(C(=O)OCC(=O)NC2CCCC2)cc2sccc21. The van der Waals surface area contributed by atoms with Crippen LogP contribution in [0.3, 0.4) is 0 Å². The van der Waals surface area contributed by atoms with E-state index in [1.54, 1.807) is 22.0 Å². The van der Waals surface area contributed by atoms with Crippen LogP contribution in [0, 0.1) is 0 Å². The lowest BCUT2D eigenvalue weighted by atomic mass is 10.2. The van der Waals surface area contributed by atoms with Gasteiger partial charge >= 0.3 is 5.97 Å². The van der Waals surface area contributed by atoms with E-state index in [9.17, 15) is 9.59 Å².